The number of carbonyl (C=O) groups is 1. The van der Waals surface area contributed by atoms with Crippen LogP contribution >= 0.6 is 12.4 Å². The summed E-state index contributed by atoms with van der Waals surface area (Å²) in [5, 5.41) is 3.32. The number of piperidine rings is 1. The van der Waals surface area contributed by atoms with Crippen molar-refractivity contribution in [3.63, 3.8) is 0 Å². The van der Waals surface area contributed by atoms with Crippen molar-refractivity contribution < 1.29 is 13.9 Å². The van der Waals surface area contributed by atoms with Crippen LogP contribution in [0.15, 0.2) is 22.8 Å². The molecule has 0 spiro atoms. The molecular weight excluding hydrogens is 242 g/mol. The fourth-order valence-electron chi connectivity index (χ4n) is 1.89. The van der Waals surface area contributed by atoms with Crippen LogP contribution in [0.3, 0.4) is 0 Å². The zero-order valence-corrected chi connectivity index (χ0v) is 10.5. The maximum Gasteiger partial charge on any atom is 0.223 e. The van der Waals surface area contributed by atoms with Crippen LogP contribution in [0.1, 0.15) is 23.4 Å². The first-order valence-electron chi connectivity index (χ1n) is 5.71. The Hall–Kier alpha value is -0.840. The van der Waals surface area contributed by atoms with Gasteiger partial charge in [-0.1, -0.05) is 0 Å². The second-order valence-electron chi connectivity index (χ2n) is 4.13. The Labute approximate surface area is 107 Å². The number of halogens is 1. The summed E-state index contributed by atoms with van der Waals surface area (Å²) < 4.78 is 10.4. The molecular formula is C12H18ClNO3. The number of hydrogen-bond donors (Lipinski definition) is 1. The molecule has 0 aromatic carbocycles. The third kappa shape index (κ3) is 4.50. The fourth-order valence-corrected chi connectivity index (χ4v) is 1.89. The van der Waals surface area contributed by atoms with E-state index in [1.807, 2.05) is 0 Å². The predicted molar refractivity (Wildman–Crippen MR) is 66.7 cm³/mol. The second-order valence-corrected chi connectivity index (χ2v) is 4.13. The van der Waals surface area contributed by atoms with Gasteiger partial charge in [0.05, 0.1) is 12.9 Å². The minimum absolute atomic E-state index is 0. The SMILES string of the molecule is Cl.O=C(COCC1CCCNC1)c1ccco1. The molecule has 0 radical (unpaired) electrons. The smallest absolute Gasteiger partial charge is 0.223 e. The molecule has 96 valence electrons. The highest BCUT2D eigenvalue weighted by atomic mass is 35.5. The van der Waals surface area contributed by atoms with Crippen LogP contribution in [0.5, 0.6) is 0 Å². The summed E-state index contributed by atoms with van der Waals surface area (Å²) in [7, 11) is 0. The van der Waals surface area contributed by atoms with Crippen molar-refractivity contribution in [3.8, 4) is 0 Å². The maximum atomic E-state index is 11.5. The topological polar surface area (TPSA) is 51.5 Å². The number of hydrogen-bond acceptors (Lipinski definition) is 4. The molecule has 1 saturated heterocycles. The molecule has 4 nitrogen and oxygen atoms in total. The third-order valence-corrected chi connectivity index (χ3v) is 2.78. The zero-order chi connectivity index (χ0) is 11.2. The van der Waals surface area contributed by atoms with Crippen molar-refractivity contribution in [3.05, 3.63) is 24.2 Å². The van der Waals surface area contributed by atoms with E-state index in [4.69, 9.17) is 9.15 Å². The minimum Gasteiger partial charge on any atom is -0.461 e. The van der Waals surface area contributed by atoms with E-state index in [1.165, 1.54) is 19.1 Å². The number of carbonyl (C=O) groups excluding carboxylic acids is 1. The minimum atomic E-state index is -0.0891. The normalized spacial score (nSPS) is 19.6. The van der Waals surface area contributed by atoms with E-state index >= 15 is 0 Å². The summed E-state index contributed by atoms with van der Waals surface area (Å²) in [6.45, 7) is 2.86. The Morgan fingerprint density at radius 1 is 1.59 bits per heavy atom. The molecule has 5 heteroatoms. The van der Waals surface area contributed by atoms with E-state index in [-0.39, 0.29) is 24.8 Å². The summed E-state index contributed by atoms with van der Waals surface area (Å²) in [6, 6.07) is 3.37. The molecule has 17 heavy (non-hydrogen) atoms. The number of ketones is 1. The lowest BCUT2D eigenvalue weighted by atomic mass is 10.0. The van der Waals surface area contributed by atoms with E-state index in [2.05, 4.69) is 5.32 Å². The molecule has 1 N–H and O–H groups in total. The first kappa shape index (κ1) is 14.2. The number of ether oxygens (including phenoxy) is 1. The average Bonchev–Trinajstić information content (AvgIpc) is 2.84. The van der Waals surface area contributed by atoms with E-state index in [9.17, 15) is 4.79 Å². The summed E-state index contributed by atoms with van der Waals surface area (Å²) >= 11 is 0. The number of nitrogens with one attached hydrogen (secondary N) is 1. The van der Waals surface area contributed by atoms with E-state index in [0.29, 0.717) is 18.3 Å². The molecule has 0 saturated carbocycles. The Balaban J connectivity index is 0.00000144. The van der Waals surface area contributed by atoms with Crippen LogP contribution < -0.4 is 5.32 Å². The Bertz CT molecular complexity index is 321. The van der Waals surface area contributed by atoms with Crippen molar-refractivity contribution >= 4 is 18.2 Å². The third-order valence-electron chi connectivity index (χ3n) is 2.78. The Kier molecular flexibility index (Phi) is 6.26. The van der Waals surface area contributed by atoms with Gasteiger partial charge in [-0.05, 0) is 37.4 Å². The van der Waals surface area contributed by atoms with Gasteiger partial charge in [0.2, 0.25) is 5.78 Å². The van der Waals surface area contributed by atoms with Crippen LogP contribution in [0.25, 0.3) is 0 Å². The van der Waals surface area contributed by atoms with Crippen molar-refractivity contribution in [2.75, 3.05) is 26.3 Å². The highest BCUT2D eigenvalue weighted by Gasteiger charge is 2.14. The summed E-state index contributed by atoms with van der Waals surface area (Å²) in [5.74, 6) is 0.827. The molecule has 1 unspecified atom stereocenters. The van der Waals surface area contributed by atoms with Gasteiger partial charge in [0.15, 0.2) is 5.76 Å². The quantitative estimate of drug-likeness (QED) is 0.821. The zero-order valence-electron chi connectivity index (χ0n) is 9.69. The lowest BCUT2D eigenvalue weighted by molar-refractivity contribution is 0.0623. The van der Waals surface area contributed by atoms with Crippen LogP contribution in [0.4, 0.5) is 0 Å². The standard InChI is InChI=1S/C12H17NO3.ClH/c14-11(12-4-2-6-16-12)9-15-8-10-3-1-5-13-7-10;/h2,4,6,10,13H,1,3,5,7-9H2;1H. The van der Waals surface area contributed by atoms with Gasteiger partial charge in [-0.15, -0.1) is 12.4 Å². The van der Waals surface area contributed by atoms with Gasteiger partial charge in [-0.25, -0.2) is 0 Å². The van der Waals surface area contributed by atoms with Gasteiger partial charge in [0, 0.05) is 6.54 Å². The van der Waals surface area contributed by atoms with Gasteiger partial charge in [-0.3, -0.25) is 4.79 Å². The van der Waals surface area contributed by atoms with Gasteiger partial charge < -0.3 is 14.5 Å². The van der Waals surface area contributed by atoms with Crippen LogP contribution in [0.2, 0.25) is 0 Å². The second kappa shape index (κ2) is 7.48. The predicted octanol–water partition coefficient (Wildman–Crippen LogP) is 1.90. The van der Waals surface area contributed by atoms with Gasteiger partial charge >= 0.3 is 0 Å². The van der Waals surface area contributed by atoms with Crippen molar-refractivity contribution in [1.82, 2.24) is 5.32 Å². The Morgan fingerprint density at radius 2 is 2.47 bits per heavy atom. The summed E-state index contributed by atoms with van der Waals surface area (Å²) in [4.78, 5) is 11.5. The number of rotatable bonds is 5. The van der Waals surface area contributed by atoms with Gasteiger partial charge in [0.25, 0.3) is 0 Å². The number of Topliss-reactive ketones (excluding diaryl/α,β-unsaturated/α-hetero) is 1. The highest BCUT2D eigenvalue weighted by Crippen LogP contribution is 2.10. The Morgan fingerprint density at radius 3 is 3.12 bits per heavy atom. The molecule has 1 aromatic heterocycles. The number of furan rings is 1. The van der Waals surface area contributed by atoms with Gasteiger partial charge in [0.1, 0.15) is 6.61 Å². The molecule has 1 aromatic rings. The maximum absolute atomic E-state index is 11.5. The van der Waals surface area contributed by atoms with Crippen LogP contribution in [-0.2, 0) is 4.74 Å². The lowest BCUT2D eigenvalue weighted by Gasteiger charge is -2.22. The molecule has 1 aliphatic heterocycles. The van der Waals surface area contributed by atoms with E-state index in [0.717, 1.165) is 13.1 Å². The lowest BCUT2D eigenvalue weighted by Crippen LogP contribution is -2.32. The summed E-state index contributed by atoms with van der Waals surface area (Å²) in [5.41, 5.74) is 0. The molecule has 2 heterocycles. The molecule has 1 atom stereocenters. The van der Waals surface area contributed by atoms with Crippen molar-refractivity contribution in [2.45, 2.75) is 12.8 Å². The molecule has 0 bridgehead atoms. The highest BCUT2D eigenvalue weighted by molar-refractivity contribution is 5.94. The van der Waals surface area contributed by atoms with Crippen molar-refractivity contribution in [1.29, 1.82) is 0 Å². The largest absolute Gasteiger partial charge is 0.461 e. The first-order valence-corrected chi connectivity index (χ1v) is 5.71. The molecule has 1 fully saturated rings. The van der Waals surface area contributed by atoms with Gasteiger partial charge in [-0.2, -0.15) is 0 Å². The van der Waals surface area contributed by atoms with E-state index in [1.54, 1.807) is 12.1 Å². The fraction of sp³-hybridized carbons (Fsp3) is 0.583. The van der Waals surface area contributed by atoms with E-state index < -0.39 is 0 Å². The molecule has 2 rings (SSSR count). The average molecular weight is 260 g/mol. The monoisotopic (exact) mass is 259 g/mol. The van der Waals surface area contributed by atoms with Crippen LogP contribution in [0, 0.1) is 5.92 Å². The molecule has 0 amide bonds. The first-order chi connectivity index (χ1) is 7.86. The molecule has 1 aliphatic rings. The molecule has 0 aliphatic carbocycles. The van der Waals surface area contributed by atoms with Crippen LogP contribution in [-0.4, -0.2) is 32.1 Å². The van der Waals surface area contributed by atoms with Crippen molar-refractivity contribution in [2.24, 2.45) is 5.92 Å². The summed E-state index contributed by atoms with van der Waals surface area (Å²) in [6.07, 6.45) is 3.88.